The van der Waals surface area contributed by atoms with E-state index in [0.29, 0.717) is 35.1 Å². The van der Waals surface area contributed by atoms with Crippen molar-refractivity contribution in [1.82, 2.24) is 9.88 Å². The Bertz CT molecular complexity index is 1470. The zero-order valence-electron chi connectivity index (χ0n) is 21.2. The molecule has 0 aliphatic heterocycles. The Morgan fingerprint density at radius 3 is 2.79 bits per heavy atom. The maximum absolute atomic E-state index is 13.2. The minimum atomic E-state index is -0.389. The lowest BCUT2D eigenvalue weighted by Crippen LogP contribution is -2.26. The van der Waals surface area contributed by atoms with Crippen LogP contribution in [0.1, 0.15) is 50.7 Å². The molecule has 1 aliphatic rings. The van der Waals surface area contributed by atoms with Crippen LogP contribution in [0.15, 0.2) is 52.9 Å². The molecule has 38 heavy (non-hydrogen) atoms. The zero-order chi connectivity index (χ0) is 26.6. The largest absolute Gasteiger partial charge is 0.462 e. The number of rotatable bonds is 10. The molecular weight excluding hydrogens is 539 g/mol. The number of nitrogens with one attached hydrogen (secondary N) is 2. The van der Waals surface area contributed by atoms with Crippen molar-refractivity contribution in [2.75, 3.05) is 18.5 Å². The minimum absolute atomic E-state index is 0.0712. The van der Waals surface area contributed by atoms with E-state index in [2.05, 4.69) is 15.2 Å². The fraction of sp³-hybridized carbons (Fsp3) is 0.321. The lowest BCUT2D eigenvalue weighted by Gasteiger charge is -2.12. The molecule has 3 aromatic heterocycles. The Balaban J connectivity index is 1.28. The van der Waals surface area contributed by atoms with Gasteiger partial charge in [-0.1, -0.05) is 24.3 Å². The number of carbonyl (C=O) groups excluding carboxylic acids is 3. The Morgan fingerprint density at radius 1 is 1.16 bits per heavy atom. The number of nitrogens with zero attached hydrogens (tertiary/aromatic N) is 1. The van der Waals surface area contributed by atoms with Gasteiger partial charge in [-0.25, -0.2) is 4.79 Å². The van der Waals surface area contributed by atoms with Crippen molar-refractivity contribution < 1.29 is 19.1 Å². The number of anilines is 1. The van der Waals surface area contributed by atoms with Crippen LogP contribution in [0.25, 0.3) is 10.9 Å². The summed E-state index contributed by atoms with van der Waals surface area (Å²) in [5.74, 6) is -0.588. The number of aryl methyl sites for hydroxylation is 1. The van der Waals surface area contributed by atoms with Gasteiger partial charge in [0.15, 0.2) is 0 Å². The van der Waals surface area contributed by atoms with Gasteiger partial charge in [0.2, 0.25) is 5.91 Å². The first-order chi connectivity index (χ1) is 18.5. The van der Waals surface area contributed by atoms with Gasteiger partial charge in [-0.15, -0.1) is 34.4 Å². The number of fused-ring (bicyclic) bond motifs is 2. The first-order valence-corrected chi connectivity index (χ1v) is 15.2. The molecule has 2 N–H and O–H groups in total. The van der Waals surface area contributed by atoms with Crippen molar-refractivity contribution in [2.24, 2.45) is 0 Å². The SMILES string of the molecule is CCOC(=O)c1c(NC(=O)C(C)Sc2cn(CCNC(=O)c3cccs3)c3ccccc23)sc2c1CCC2. The maximum atomic E-state index is 13.2. The van der Waals surface area contributed by atoms with Crippen LogP contribution in [0.5, 0.6) is 0 Å². The van der Waals surface area contributed by atoms with Gasteiger partial charge in [0.05, 0.1) is 22.3 Å². The third-order valence-corrected chi connectivity index (χ3v) is 9.67. The van der Waals surface area contributed by atoms with Crippen molar-refractivity contribution in [3.8, 4) is 0 Å². The monoisotopic (exact) mass is 567 g/mol. The first-order valence-electron chi connectivity index (χ1n) is 12.6. The van der Waals surface area contributed by atoms with Crippen LogP contribution in [0.3, 0.4) is 0 Å². The number of amides is 2. The Morgan fingerprint density at radius 2 is 2.00 bits per heavy atom. The van der Waals surface area contributed by atoms with Gasteiger partial charge in [-0.3, -0.25) is 9.59 Å². The molecule has 0 saturated heterocycles. The van der Waals surface area contributed by atoms with Crippen LogP contribution in [0, 0.1) is 0 Å². The van der Waals surface area contributed by atoms with Gasteiger partial charge in [-0.05, 0) is 56.2 Å². The highest BCUT2D eigenvalue weighted by molar-refractivity contribution is 8.00. The van der Waals surface area contributed by atoms with Crippen molar-refractivity contribution >= 4 is 68.1 Å². The molecule has 198 valence electrons. The van der Waals surface area contributed by atoms with Gasteiger partial charge in [0, 0.05) is 40.0 Å². The van der Waals surface area contributed by atoms with E-state index >= 15 is 0 Å². The number of para-hydroxylation sites is 1. The molecule has 0 spiro atoms. The van der Waals surface area contributed by atoms with Crippen LogP contribution in [0.4, 0.5) is 5.00 Å². The highest BCUT2D eigenvalue weighted by Gasteiger charge is 2.29. The number of benzene rings is 1. The number of ether oxygens (including phenoxy) is 1. The summed E-state index contributed by atoms with van der Waals surface area (Å²) in [5, 5.41) is 9.14. The van der Waals surface area contributed by atoms with Crippen LogP contribution in [-0.2, 0) is 28.9 Å². The summed E-state index contributed by atoms with van der Waals surface area (Å²) in [6, 6.07) is 11.7. The third kappa shape index (κ3) is 5.52. The van der Waals surface area contributed by atoms with E-state index in [-0.39, 0.29) is 23.0 Å². The number of carbonyl (C=O) groups is 3. The molecule has 3 heterocycles. The molecule has 10 heteroatoms. The summed E-state index contributed by atoms with van der Waals surface area (Å²) in [5.41, 5.74) is 2.60. The van der Waals surface area contributed by atoms with Crippen LogP contribution < -0.4 is 10.6 Å². The lowest BCUT2D eigenvalue weighted by molar-refractivity contribution is -0.115. The van der Waals surface area contributed by atoms with E-state index in [4.69, 9.17) is 4.74 Å². The van der Waals surface area contributed by atoms with E-state index in [1.807, 2.05) is 54.9 Å². The second-order valence-corrected chi connectivity index (χ2v) is 12.4. The van der Waals surface area contributed by atoms with E-state index in [1.54, 1.807) is 6.92 Å². The van der Waals surface area contributed by atoms with Crippen LogP contribution >= 0.6 is 34.4 Å². The lowest BCUT2D eigenvalue weighted by atomic mass is 10.1. The highest BCUT2D eigenvalue weighted by atomic mass is 32.2. The second kappa shape index (κ2) is 11.8. The summed E-state index contributed by atoms with van der Waals surface area (Å²) in [6.45, 7) is 5.07. The maximum Gasteiger partial charge on any atom is 0.341 e. The predicted molar refractivity (Wildman–Crippen MR) is 155 cm³/mol. The molecule has 4 aromatic rings. The smallest absolute Gasteiger partial charge is 0.341 e. The van der Waals surface area contributed by atoms with E-state index in [9.17, 15) is 14.4 Å². The van der Waals surface area contributed by atoms with E-state index < -0.39 is 0 Å². The number of hydrogen-bond acceptors (Lipinski definition) is 7. The number of esters is 1. The third-order valence-electron chi connectivity index (χ3n) is 6.45. The molecule has 0 saturated carbocycles. The summed E-state index contributed by atoms with van der Waals surface area (Å²) in [6.07, 6.45) is 4.84. The van der Waals surface area contributed by atoms with Gasteiger partial charge in [0.1, 0.15) is 5.00 Å². The van der Waals surface area contributed by atoms with Gasteiger partial charge < -0.3 is 19.9 Å². The number of thioether (sulfide) groups is 1. The quantitative estimate of drug-likeness (QED) is 0.182. The molecule has 2 amide bonds. The van der Waals surface area contributed by atoms with Gasteiger partial charge >= 0.3 is 5.97 Å². The van der Waals surface area contributed by atoms with E-state index in [1.165, 1.54) is 34.4 Å². The van der Waals surface area contributed by atoms with Crippen LogP contribution in [0.2, 0.25) is 0 Å². The first kappa shape index (κ1) is 26.5. The molecule has 5 rings (SSSR count). The molecule has 1 aliphatic carbocycles. The average Bonchev–Trinajstić information content (AvgIpc) is 3.69. The summed E-state index contributed by atoms with van der Waals surface area (Å²) in [7, 11) is 0. The number of aromatic nitrogens is 1. The molecule has 1 atom stereocenters. The minimum Gasteiger partial charge on any atom is -0.462 e. The topological polar surface area (TPSA) is 89.4 Å². The molecular formula is C28H29N3O4S3. The standard InChI is InChI=1S/C28H29N3O4S3/c1-3-35-28(34)24-19-9-6-11-21(19)38-27(24)30-25(32)17(2)37-23-16-31(20-10-5-4-8-18(20)23)14-13-29-26(33)22-12-7-15-36-22/h4-5,7-8,10,12,15-17H,3,6,9,11,13-14H2,1-2H3,(H,29,33)(H,30,32). The zero-order valence-corrected chi connectivity index (χ0v) is 23.7. The summed E-state index contributed by atoms with van der Waals surface area (Å²) < 4.78 is 7.40. The normalized spacial score (nSPS) is 13.3. The van der Waals surface area contributed by atoms with Gasteiger partial charge in [-0.2, -0.15) is 0 Å². The van der Waals surface area contributed by atoms with Crippen LogP contribution in [-0.4, -0.2) is 40.8 Å². The highest BCUT2D eigenvalue weighted by Crippen LogP contribution is 2.40. The number of hydrogen-bond donors (Lipinski definition) is 2. The molecule has 0 radical (unpaired) electrons. The molecule has 0 bridgehead atoms. The average molecular weight is 568 g/mol. The fourth-order valence-electron chi connectivity index (χ4n) is 4.65. The molecule has 1 unspecified atom stereocenters. The number of thiophene rings is 2. The predicted octanol–water partition coefficient (Wildman–Crippen LogP) is 5.98. The molecule has 0 fully saturated rings. The van der Waals surface area contributed by atoms with Gasteiger partial charge in [0.25, 0.3) is 5.91 Å². The van der Waals surface area contributed by atoms with Crippen molar-refractivity contribution in [2.45, 2.75) is 49.8 Å². The Hall–Kier alpha value is -3.08. The molecule has 7 nitrogen and oxygen atoms in total. The summed E-state index contributed by atoms with van der Waals surface area (Å²) >= 11 is 4.40. The molecule has 1 aromatic carbocycles. The van der Waals surface area contributed by atoms with Crippen molar-refractivity contribution in [1.29, 1.82) is 0 Å². The Labute approximate surface area is 233 Å². The Kier molecular flexibility index (Phi) is 8.21. The summed E-state index contributed by atoms with van der Waals surface area (Å²) in [4.78, 5) is 41.1. The van der Waals surface area contributed by atoms with Crippen molar-refractivity contribution in [3.05, 3.63) is 68.9 Å². The second-order valence-electron chi connectivity index (χ2n) is 8.97. The van der Waals surface area contributed by atoms with Crippen molar-refractivity contribution in [3.63, 3.8) is 0 Å². The van der Waals surface area contributed by atoms with E-state index in [0.717, 1.165) is 45.5 Å². The fourth-order valence-corrected chi connectivity index (χ4v) is 7.60.